The monoisotopic (exact) mass is 262 g/mol. The largest absolute Gasteiger partial charge is 0.300 e. The van der Waals surface area contributed by atoms with Gasteiger partial charge in [-0.1, -0.05) is 48.5 Å². The molecule has 2 aliphatic carbocycles. The number of ketones is 1. The van der Waals surface area contributed by atoms with E-state index in [2.05, 4.69) is 48.5 Å². The van der Waals surface area contributed by atoms with E-state index in [9.17, 15) is 4.79 Å². The standard InChI is InChI=1S/C19H18O/c20-14-7-5-6-13(12-14)19-17-10-3-1-8-15(17)16-9-2-4-11-18(16)19/h1-4,8-11,13,19H,5-7,12H2. The minimum atomic E-state index is 0.423. The van der Waals surface area contributed by atoms with Gasteiger partial charge in [0, 0.05) is 18.8 Å². The summed E-state index contributed by atoms with van der Waals surface area (Å²) in [6.45, 7) is 0. The Morgan fingerprint density at radius 3 is 2.05 bits per heavy atom. The quantitative estimate of drug-likeness (QED) is 0.736. The lowest BCUT2D eigenvalue weighted by atomic mass is 9.75. The second-order valence-corrected chi connectivity index (χ2v) is 6.05. The molecule has 1 atom stereocenters. The highest BCUT2D eigenvalue weighted by Gasteiger charge is 2.36. The Bertz CT molecular complexity index is 625. The first-order valence-corrected chi connectivity index (χ1v) is 7.54. The SMILES string of the molecule is O=C1CCCC(C2c3ccccc3-c3ccccc32)C1. The first kappa shape index (κ1) is 11.9. The van der Waals surface area contributed by atoms with Crippen molar-refractivity contribution in [1.29, 1.82) is 0 Å². The molecule has 0 bridgehead atoms. The molecule has 2 aromatic carbocycles. The first-order chi connectivity index (χ1) is 9.84. The van der Waals surface area contributed by atoms with Gasteiger partial charge in [0.25, 0.3) is 0 Å². The predicted octanol–water partition coefficient (Wildman–Crippen LogP) is 4.56. The summed E-state index contributed by atoms with van der Waals surface area (Å²) in [7, 11) is 0. The lowest BCUT2D eigenvalue weighted by Crippen LogP contribution is -2.21. The second-order valence-electron chi connectivity index (χ2n) is 6.05. The third-order valence-electron chi connectivity index (χ3n) is 4.87. The van der Waals surface area contributed by atoms with Crippen LogP contribution in [-0.2, 0) is 4.79 Å². The number of hydrogen-bond donors (Lipinski definition) is 0. The van der Waals surface area contributed by atoms with Crippen molar-refractivity contribution in [2.45, 2.75) is 31.6 Å². The molecule has 0 amide bonds. The van der Waals surface area contributed by atoms with Crippen LogP contribution < -0.4 is 0 Å². The van der Waals surface area contributed by atoms with Crippen LogP contribution in [0.1, 0.15) is 42.7 Å². The first-order valence-electron chi connectivity index (χ1n) is 7.54. The number of fused-ring (bicyclic) bond motifs is 3. The highest BCUT2D eigenvalue weighted by Crippen LogP contribution is 2.50. The van der Waals surface area contributed by atoms with Gasteiger partial charge in [0.15, 0.2) is 0 Å². The molecule has 1 heteroatoms. The maximum absolute atomic E-state index is 11.9. The van der Waals surface area contributed by atoms with Gasteiger partial charge in [-0.2, -0.15) is 0 Å². The summed E-state index contributed by atoms with van der Waals surface area (Å²) in [6, 6.07) is 17.4. The molecule has 0 saturated heterocycles. The van der Waals surface area contributed by atoms with Crippen molar-refractivity contribution < 1.29 is 4.79 Å². The van der Waals surface area contributed by atoms with Gasteiger partial charge in [-0.3, -0.25) is 4.79 Å². The van der Waals surface area contributed by atoms with Gasteiger partial charge >= 0.3 is 0 Å². The van der Waals surface area contributed by atoms with Crippen LogP contribution >= 0.6 is 0 Å². The summed E-state index contributed by atoms with van der Waals surface area (Å²) < 4.78 is 0. The normalized spacial score (nSPS) is 21.6. The zero-order valence-corrected chi connectivity index (χ0v) is 11.5. The fraction of sp³-hybridized carbons (Fsp3) is 0.316. The van der Waals surface area contributed by atoms with Gasteiger partial charge in [-0.15, -0.1) is 0 Å². The number of carbonyl (C=O) groups is 1. The summed E-state index contributed by atoms with van der Waals surface area (Å²) in [5.74, 6) is 1.36. The van der Waals surface area contributed by atoms with Gasteiger partial charge < -0.3 is 0 Å². The van der Waals surface area contributed by atoms with Crippen LogP contribution in [0.15, 0.2) is 48.5 Å². The van der Waals surface area contributed by atoms with Crippen LogP contribution in [0.3, 0.4) is 0 Å². The van der Waals surface area contributed by atoms with Crippen LogP contribution in [-0.4, -0.2) is 5.78 Å². The minimum Gasteiger partial charge on any atom is -0.300 e. The number of carbonyl (C=O) groups excluding carboxylic acids is 1. The lowest BCUT2D eigenvalue weighted by Gasteiger charge is -2.28. The Kier molecular flexibility index (Phi) is 2.73. The lowest BCUT2D eigenvalue weighted by molar-refractivity contribution is -0.121. The summed E-state index contributed by atoms with van der Waals surface area (Å²) >= 11 is 0. The van der Waals surface area contributed by atoms with Gasteiger partial charge in [0.2, 0.25) is 0 Å². The molecule has 2 aromatic rings. The molecule has 0 N–H and O–H groups in total. The van der Waals surface area contributed by atoms with Crippen LogP contribution in [0.4, 0.5) is 0 Å². The van der Waals surface area contributed by atoms with Crippen molar-refractivity contribution in [1.82, 2.24) is 0 Å². The van der Waals surface area contributed by atoms with E-state index in [1.54, 1.807) is 0 Å². The van der Waals surface area contributed by atoms with Crippen molar-refractivity contribution >= 4 is 5.78 Å². The number of benzene rings is 2. The van der Waals surface area contributed by atoms with Gasteiger partial charge in [-0.05, 0) is 41.0 Å². The fourth-order valence-corrected chi connectivity index (χ4v) is 4.04. The Labute approximate surface area is 119 Å². The Morgan fingerprint density at radius 2 is 1.45 bits per heavy atom. The van der Waals surface area contributed by atoms with Crippen LogP contribution in [0.5, 0.6) is 0 Å². The smallest absolute Gasteiger partial charge is 0.133 e. The average Bonchev–Trinajstić information content (AvgIpc) is 2.82. The molecule has 1 nitrogen and oxygen atoms in total. The molecule has 4 rings (SSSR count). The summed E-state index contributed by atoms with van der Waals surface area (Å²) in [5, 5.41) is 0. The molecule has 0 heterocycles. The van der Waals surface area contributed by atoms with Crippen molar-refractivity contribution in [3.8, 4) is 11.1 Å². The highest BCUT2D eigenvalue weighted by atomic mass is 16.1. The molecule has 1 saturated carbocycles. The molecule has 0 aromatic heterocycles. The van der Waals surface area contributed by atoms with E-state index in [0.29, 0.717) is 17.6 Å². The Hall–Kier alpha value is -1.89. The van der Waals surface area contributed by atoms with E-state index in [4.69, 9.17) is 0 Å². The fourth-order valence-electron chi connectivity index (χ4n) is 4.04. The average molecular weight is 262 g/mol. The molecule has 0 aliphatic heterocycles. The summed E-state index contributed by atoms with van der Waals surface area (Å²) in [6.07, 6.45) is 3.78. The predicted molar refractivity (Wildman–Crippen MR) is 80.7 cm³/mol. The van der Waals surface area contributed by atoms with Crippen LogP contribution in [0.2, 0.25) is 0 Å². The van der Waals surface area contributed by atoms with Crippen molar-refractivity contribution in [3.63, 3.8) is 0 Å². The maximum Gasteiger partial charge on any atom is 0.133 e. The van der Waals surface area contributed by atoms with Crippen LogP contribution in [0.25, 0.3) is 11.1 Å². The number of hydrogen-bond acceptors (Lipinski definition) is 1. The summed E-state index contributed by atoms with van der Waals surface area (Å²) in [4.78, 5) is 11.9. The van der Waals surface area contributed by atoms with Gasteiger partial charge in [0.1, 0.15) is 5.78 Å². The van der Waals surface area contributed by atoms with E-state index >= 15 is 0 Å². The molecule has 20 heavy (non-hydrogen) atoms. The zero-order valence-electron chi connectivity index (χ0n) is 11.5. The molecule has 1 fully saturated rings. The minimum absolute atomic E-state index is 0.423. The van der Waals surface area contributed by atoms with Crippen molar-refractivity contribution in [2.75, 3.05) is 0 Å². The number of rotatable bonds is 1. The number of Topliss-reactive ketones (excluding diaryl/α,β-unsaturated/α-hetero) is 1. The van der Waals surface area contributed by atoms with E-state index in [0.717, 1.165) is 19.3 Å². The molecular weight excluding hydrogens is 244 g/mol. The second kappa shape index (κ2) is 4.59. The van der Waals surface area contributed by atoms with Crippen molar-refractivity contribution in [3.05, 3.63) is 59.7 Å². The molecule has 100 valence electrons. The van der Waals surface area contributed by atoms with E-state index in [-0.39, 0.29) is 0 Å². The molecule has 0 spiro atoms. The Morgan fingerprint density at radius 1 is 0.850 bits per heavy atom. The summed E-state index contributed by atoms with van der Waals surface area (Å²) in [5.41, 5.74) is 5.58. The zero-order chi connectivity index (χ0) is 13.5. The topological polar surface area (TPSA) is 17.1 Å². The van der Waals surface area contributed by atoms with Crippen LogP contribution in [0, 0.1) is 5.92 Å². The van der Waals surface area contributed by atoms with E-state index < -0.39 is 0 Å². The maximum atomic E-state index is 11.9. The van der Waals surface area contributed by atoms with Crippen molar-refractivity contribution in [2.24, 2.45) is 5.92 Å². The van der Waals surface area contributed by atoms with E-state index in [1.165, 1.54) is 28.7 Å². The Balaban J connectivity index is 1.85. The highest BCUT2D eigenvalue weighted by molar-refractivity contribution is 5.82. The third-order valence-corrected chi connectivity index (χ3v) is 4.87. The third kappa shape index (κ3) is 1.73. The molecule has 0 radical (unpaired) electrons. The van der Waals surface area contributed by atoms with Gasteiger partial charge in [0.05, 0.1) is 0 Å². The molecular formula is C19H18O. The van der Waals surface area contributed by atoms with E-state index in [1.807, 2.05) is 0 Å². The van der Waals surface area contributed by atoms with Gasteiger partial charge in [-0.25, -0.2) is 0 Å². The molecule has 1 unspecified atom stereocenters. The molecule has 2 aliphatic rings.